The van der Waals surface area contributed by atoms with Gasteiger partial charge in [0.15, 0.2) is 0 Å². The Bertz CT molecular complexity index is 435. The fourth-order valence-corrected chi connectivity index (χ4v) is 1.64. The smallest absolute Gasteiger partial charge is 0.282 e. The molecule has 5 nitrogen and oxygen atoms in total. The third-order valence-electron chi connectivity index (χ3n) is 2.19. The first-order valence-electron chi connectivity index (χ1n) is 5.15. The van der Waals surface area contributed by atoms with Gasteiger partial charge in [0.1, 0.15) is 5.56 Å². The largest absolute Gasteiger partial charge is 0.352 e. The van der Waals surface area contributed by atoms with Gasteiger partial charge in [-0.2, -0.15) is 0 Å². The number of nitro groups is 1. The Morgan fingerprint density at radius 3 is 2.82 bits per heavy atom. The van der Waals surface area contributed by atoms with Crippen LogP contribution >= 0.6 is 15.9 Å². The molecule has 0 heterocycles. The summed E-state index contributed by atoms with van der Waals surface area (Å²) in [6.45, 7) is 2.29. The fraction of sp³-hybridized carbons (Fsp3) is 0.364. The van der Waals surface area contributed by atoms with Gasteiger partial charge in [0.05, 0.1) is 4.92 Å². The summed E-state index contributed by atoms with van der Waals surface area (Å²) in [5.74, 6) is -0.402. The molecule has 0 spiro atoms. The van der Waals surface area contributed by atoms with Crippen LogP contribution in [0.15, 0.2) is 18.2 Å². The molecule has 1 amide bonds. The van der Waals surface area contributed by atoms with E-state index in [4.69, 9.17) is 0 Å². The summed E-state index contributed by atoms with van der Waals surface area (Å²) in [6, 6.07) is 4.50. The number of nitrogens with zero attached hydrogens (tertiary/aromatic N) is 1. The molecule has 6 heteroatoms. The topological polar surface area (TPSA) is 72.2 Å². The lowest BCUT2D eigenvalue weighted by Crippen LogP contribution is -2.25. The summed E-state index contributed by atoms with van der Waals surface area (Å²) in [4.78, 5) is 22.0. The quantitative estimate of drug-likeness (QED) is 0.393. The number of aryl methyl sites for hydroxylation is 1. The van der Waals surface area contributed by atoms with Crippen LogP contribution in [0.4, 0.5) is 5.69 Å². The van der Waals surface area contributed by atoms with Crippen molar-refractivity contribution in [2.75, 3.05) is 11.9 Å². The van der Waals surface area contributed by atoms with Crippen LogP contribution in [-0.2, 0) is 0 Å². The van der Waals surface area contributed by atoms with E-state index in [1.807, 2.05) is 0 Å². The molecule has 1 aromatic carbocycles. The van der Waals surface area contributed by atoms with E-state index in [0.717, 1.165) is 17.3 Å². The molecule has 92 valence electrons. The van der Waals surface area contributed by atoms with Gasteiger partial charge >= 0.3 is 0 Å². The number of alkyl halides is 1. The molecule has 0 aliphatic heterocycles. The fourth-order valence-electron chi connectivity index (χ4n) is 1.35. The van der Waals surface area contributed by atoms with Gasteiger partial charge in [-0.1, -0.05) is 22.0 Å². The average Bonchev–Trinajstić information content (AvgIpc) is 2.28. The molecule has 0 aliphatic rings. The normalized spacial score (nSPS) is 10.0. The number of hydrogen-bond acceptors (Lipinski definition) is 3. The maximum Gasteiger partial charge on any atom is 0.282 e. The highest BCUT2D eigenvalue weighted by Crippen LogP contribution is 2.19. The number of carbonyl (C=O) groups excluding carboxylic acids is 1. The van der Waals surface area contributed by atoms with Crippen LogP contribution in [0, 0.1) is 17.0 Å². The maximum absolute atomic E-state index is 11.8. The number of benzene rings is 1. The highest BCUT2D eigenvalue weighted by atomic mass is 79.9. The standard InChI is InChI=1S/C11H13BrN2O3/c1-8-3-4-10(14(16)17)9(7-8)11(15)13-6-2-5-12/h3-4,7H,2,5-6H2,1H3,(H,13,15). The highest BCUT2D eigenvalue weighted by Gasteiger charge is 2.19. The van der Waals surface area contributed by atoms with Crippen LogP contribution in [0.2, 0.25) is 0 Å². The first kappa shape index (κ1) is 13.6. The third-order valence-corrected chi connectivity index (χ3v) is 2.75. The molecule has 0 saturated heterocycles. The van der Waals surface area contributed by atoms with E-state index in [1.165, 1.54) is 12.1 Å². The molecule has 1 N–H and O–H groups in total. The second kappa shape index (κ2) is 6.34. The lowest BCUT2D eigenvalue weighted by atomic mass is 10.1. The van der Waals surface area contributed by atoms with Crippen LogP contribution in [0.1, 0.15) is 22.3 Å². The molecule has 1 rings (SSSR count). The van der Waals surface area contributed by atoms with Gasteiger partial charge < -0.3 is 5.32 Å². The third kappa shape index (κ3) is 3.81. The van der Waals surface area contributed by atoms with E-state index in [0.29, 0.717) is 6.54 Å². The summed E-state index contributed by atoms with van der Waals surface area (Å²) in [7, 11) is 0. The molecular weight excluding hydrogens is 288 g/mol. The maximum atomic E-state index is 11.8. The Labute approximate surface area is 107 Å². The minimum Gasteiger partial charge on any atom is -0.352 e. The van der Waals surface area contributed by atoms with Crippen molar-refractivity contribution >= 4 is 27.5 Å². The van der Waals surface area contributed by atoms with E-state index in [-0.39, 0.29) is 11.3 Å². The van der Waals surface area contributed by atoms with E-state index in [2.05, 4.69) is 21.2 Å². The van der Waals surface area contributed by atoms with Crippen LogP contribution in [0.25, 0.3) is 0 Å². The second-order valence-corrected chi connectivity index (χ2v) is 4.37. The molecule has 0 aliphatic carbocycles. The van der Waals surface area contributed by atoms with Crippen molar-refractivity contribution < 1.29 is 9.72 Å². The van der Waals surface area contributed by atoms with Gasteiger partial charge in [0.25, 0.3) is 11.6 Å². The van der Waals surface area contributed by atoms with Gasteiger partial charge in [-0.15, -0.1) is 0 Å². The SMILES string of the molecule is Cc1ccc([N+](=O)[O-])c(C(=O)NCCCBr)c1. The summed E-state index contributed by atoms with van der Waals surface area (Å²) in [6.07, 6.45) is 0.783. The van der Waals surface area contributed by atoms with Crippen LogP contribution in [0.5, 0.6) is 0 Å². The van der Waals surface area contributed by atoms with Crippen molar-refractivity contribution in [1.29, 1.82) is 0 Å². The van der Waals surface area contributed by atoms with Crippen molar-refractivity contribution in [1.82, 2.24) is 5.32 Å². The average molecular weight is 301 g/mol. The van der Waals surface area contributed by atoms with Gasteiger partial charge in [-0.25, -0.2) is 0 Å². The number of rotatable bonds is 5. The number of halogens is 1. The molecule has 0 fully saturated rings. The Hall–Kier alpha value is -1.43. The molecule has 0 radical (unpaired) electrons. The minimum absolute atomic E-state index is 0.115. The highest BCUT2D eigenvalue weighted by molar-refractivity contribution is 9.09. The number of amides is 1. The molecule has 0 atom stereocenters. The Balaban J connectivity index is 2.90. The van der Waals surface area contributed by atoms with Crippen molar-refractivity contribution in [2.45, 2.75) is 13.3 Å². The van der Waals surface area contributed by atoms with Gasteiger partial charge in [-0.05, 0) is 25.0 Å². The predicted molar refractivity (Wildman–Crippen MR) is 68.6 cm³/mol. The van der Waals surface area contributed by atoms with E-state index in [9.17, 15) is 14.9 Å². The zero-order valence-corrected chi connectivity index (χ0v) is 11.0. The predicted octanol–water partition coefficient (Wildman–Crippen LogP) is 2.42. The first-order valence-corrected chi connectivity index (χ1v) is 6.27. The summed E-state index contributed by atoms with van der Waals surface area (Å²) < 4.78 is 0. The monoisotopic (exact) mass is 300 g/mol. The summed E-state index contributed by atoms with van der Waals surface area (Å²) in [5, 5.41) is 14.2. The van der Waals surface area contributed by atoms with Crippen molar-refractivity contribution in [3.63, 3.8) is 0 Å². The molecule has 1 aromatic rings. The Morgan fingerprint density at radius 2 is 2.24 bits per heavy atom. The molecule has 17 heavy (non-hydrogen) atoms. The van der Waals surface area contributed by atoms with Crippen molar-refractivity contribution in [3.8, 4) is 0 Å². The Kier molecular flexibility index (Phi) is 5.09. The molecule has 0 unspecified atom stereocenters. The number of nitro benzene ring substituents is 1. The zero-order chi connectivity index (χ0) is 12.8. The Morgan fingerprint density at radius 1 is 1.53 bits per heavy atom. The zero-order valence-electron chi connectivity index (χ0n) is 9.40. The summed E-state index contributed by atoms with van der Waals surface area (Å²) in [5.41, 5.74) is 0.776. The number of hydrogen-bond donors (Lipinski definition) is 1. The minimum atomic E-state index is -0.543. The second-order valence-electron chi connectivity index (χ2n) is 3.58. The van der Waals surface area contributed by atoms with Gasteiger partial charge in [0, 0.05) is 17.9 Å². The lowest BCUT2D eigenvalue weighted by molar-refractivity contribution is -0.385. The van der Waals surface area contributed by atoms with Gasteiger partial charge in [0.2, 0.25) is 0 Å². The van der Waals surface area contributed by atoms with Crippen LogP contribution in [0.3, 0.4) is 0 Å². The summed E-state index contributed by atoms with van der Waals surface area (Å²) >= 11 is 3.25. The van der Waals surface area contributed by atoms with E-state index < -0.39 is 10.8 Å². The molecule has 0 saturated carbocycles. The van der Waals surface area contributed by atoms with E-state index >= 15 is 0 Å². The van der Waals surface area contributed by atoms with E-state index in [1.54, 1.807) is 13.0 Å². The van der Waals surface area contributed by atoms with Crippen molar-refractivity contribution in [3.05, 3.63) is 39.4 Å². The first-order chi connectivity index (χ1) is 8.06. The van der Waals surface area contributed by atoms with Crippen molar-refractivity contribution in [2.24, 2.45) is 0 Å². The van der Waals surface area contributed by atoms with Crippen LogP contribution in [-0.4, -0.2) is 22.7 Å². The van der Waals surface area contributed by atoms with Gasteiger partial charge in [-0.3, -0.25) is 14.9 Å². The molecule has 0 aromatic heterocycles. The lowest BCUT2D eigenvalue weighted by Gasteiger charge is -2.05. The molecule has 0 bridgehead atoms. The van der Waals surface area contributed by atoms with Crippen LogP contribution < -0.4 is 5.32 Å². The number of carbonyl (C=O) groups is 1. The molecular formula is C11H13BrN2O3. The number of nitrogens with one attached hydrogen (secondary N) is 1.